The molecule has 6 heteroatoms. The lowest BCUT2D eigenvalue weighted by Crippen LogP contribution is -2.41. The Morgan fingerprint density at radius 1 is 1.00 bits per heavy atom. The third-order valence-corrected chi connectivity index (χ3v) is 5.08. The number of amides is 2. The quantitative estimate of drug-likeness (QED) is 0.806. The standard InChI is InChI=1S/C22H27N3O3/c23-14-17-6-8-20(9-7-17)21(26)24-15-18-10-12-25(13-11-18)22(27)28-16-19-4-2-1-3-5-19/h1-9,18H,10-16,23H2,(H,24,26). The van der Waals surface area contributed by atoms with Crippen LogP contribution >= 0.6 is 0 Å². The summed E-state index contributed by atoms with van der Waals surface area (Å²) in [6, 6.07) is 17.0. The molecule has 0 spiro atoms. The summed E-state index contributed by atoms with van der Waals surface area (Å²) in [7, 11) is 0. The summed E-state index contributed by atoms with van der Waals surface area (Å²) in [6.07, 6.45) is 1.44. The minimum absolute atomic E-state index is 0.0757. The van der Waals surface area contributed by atoms with Gasteiger partial charge in [-0.15, -0.1) is 0 Å². The molecular formula is C22H27N3O3. The van der Waals surface area contributed by atoms with E-state index < -0.39 is 0 Å². The van der Waals surface area contributed by atoms with E-state index in [1.165, 1.54) is 0 Å². The molecule has 0 radical (unpaired) electrons. The van der Waals surface area contributed by atoms with Crippen molar-refractivity contribution in [3.63, 3.8) is 0 Å². The van der Waals surface area contributed by atoms with Gasteiger partial charge in [-0.1, -0.05) is 42.5 Å². The Hall–Kier alpha value is -2.86. The number of ether oxygens (including phenoxy) is 1. The second-order valence-corrected chi connectivity index (χ2v) is 7.08. The van der Waals surface area contributed by atoms with Gasteiger partial charge in [-0.3, -0.25) is 4.79 Å². The molecule has 2 aromatic carbocycles. The molecule has 1 fully saturated rings. The number of piperidine rings is 1. The first kappa shape index (κ1) is 19.9. The van der Waals surface area contributed by atoms with Gasteiger partial charge in [0.15, 0.2) is 0 Å². The summed E-state index contributed by atoms with van der Waals surface area (Å²) in [4.78, 5) is 26.2. The first-order valence-corrected chi connectivity index (χ1v) is 9.68. The van der Waals surface area contributed by atoms with Gasteiger partial charge in [-0.2, -0.15) is 0 Å². The second kappa shape index (κ2) is 9.90. The van der Waals surface area contributed by atoms with Crippen molar-refractivity contribution in [3.8, 4) is 0 Å². The molecule has 0 aliphatic carbocycles. The predicted molar refractivity (Wildman–Crippen MR) is 108 cm³/mol. The zero-order valence-electron chi connectivity index (χ0n) is 16.0. The third kappa shape index (κ3) is 5.57. The van der Waals surface area contributed by atoms with Gasteiger partial charge in [0.1, 0.15) is 6.61 Å². The summed E-state index contributed by atoms with van der Waals surface area (Å²) in [6.45, 7) is 2.68. The molecule has 0 unspecified atom stereocenters. The van der Waals surface area contributed by atoms with E-state index >= 15 is 0 Å². The molecule has 3 rings (SSSR count). The molecule has 1 heterocycles. The summed E-state index contributed by atoms with van der Waals surface area (Å²) < 4.78 is 5.39. The van der Waals surface area contributed by atoms with Crippen LogP contribution in [0.2, 0.25) is 0 Å². The molecule has 28 heavy (non-hydrogen) atoms. The highest BCUT2D eigenvalue weighted by Gasteiger charge is 2.24. The van der Waals surface area contributed by atoms with Crippen LogP contribution in [0.5, 0.6) is 0 Å². The van der Waals surface area contributed by atoms with Crippen LogP contribution in [0.25, 0.3) is 0 Å². The number of rotatable bonds is 6. The van der Waals surface area contributed by atoms with Crippen molar-refractivity contribution < 1.29 is 14.3 Å². The van der Waals surface area contributed by atoms with E-state index in [0.717, 1.165) is 24.0 Å². The molecule has 0 saturated carbocycles. The highest BCUT2D eigenvalue weighted by Crippen LogP contribution is 2.18. The molecule has 2 amide bonds. The van der Waals surface area contributed by atoms with E-state index in [4.69, 9.17) is 10.5 Å². The molecule has 3 N–H and O–H groups in total. The van der Waals surface area contributed by atoms with Crippen LogP contribution in [0.4, 0.5) is 4.79 Å². The number of carbonyl (C=O) groups excluding carboxylic acids is 2. The fourth-order valence-corrected chi connectivity index (χ4v) is 3.26. The lowest BCUT2D eigenvalue weighted by atomic mass is 9.97. The van der Waals surface area contributed by atoms with Crippen LogP contribution in [-0.4, -0.2) is 36.5 Å². The van der Waals surface area contributed by atoms with Crippen LogP contribution in [0.15, 0.2) is 54.6 Å². The molecule has 0 bridgehead atoms. The molecule has 0 aromatic heterocycles. The van der Waals surface area contributed by atoms with Crippen molar-refractivity contribution in [2.75, 3.05) is 19.6 Å². The number of carbonyl (C=O) groups is 2. The topological polar surface area (TPSA) is 84.7 Å². The summed E-state index contributed by atoms with van der Waals surface area (Å²) in [5.41, 5.74) is 8.20. The van der Waals surface area contributed by atoms with Crippen LogP contribution in [0, 0.1) is 5.92 Å². The van der Waals surface area contributed by atoms with Gasteiger partial charge in [-0.25, -0.2) is 4.79 Å². The van der Waals surface area contributed by atoms with E-state index in [2.05, 4.69) is 5.32 Å². The Labute approximate surface area is 165 Å². The van der Waals surface area contributed by atoms with Crippen molar-refractivity contribution in [3.05, 3.63) is 71.3 Å². The second-order valence-electron chi connectivity index (χ2n) is 7.08. The third-order valence-electron chi connectivity index (χ3n) is 5.08. The van der Waals surface area contributed by atoms with Crippen molar-refractivity contribution in [2.45, 2.75) is 26.0 Å². The molecule has 1 aliphatic rings. The van der Waals surface area contributed by atoms with Gasteiger partial charge >= 0.3 is 6.09 Å². The minimum Gasteiger partial charge on any atom is -0.445 e. The molecule has 1 saturated heterocycles. The Morgan fingerprint density at radius 3 is 2.32 bits per heavy atom. The van der Waals surface area contributed by atoms with Crippen molar-refractivity contribution in [1.82, 2.24) is 10.2 Å². The number of hydrogen-bond donors (Lipinski definition) is 2. The summed E-state index contributed by atoms with van der Waals surface area (Å²) in [5.74, 6) is 0.290. The van der Waals surface area contributed by atoms with Crippen molar-refractivity contribution in [2.24, 2.45) is 11.7 Å². The van der Waals surface area contributed by atoms with Gasteiger partial charge < -0.3 is 20.7 Å². The highest BCUT2D eigenvalue weighted by molar-refractivity contribution is 5.94. The van der Waals surface area contributed by atoms with Crippen LogP contribution in [0.1, 0.15) is 34.3 Å². The fourth-order valence-electron chi connectivity index (χ4n) is 3.26. The summed E-state index contributed by atoms with van der Waals surface area (Å²) >= 11 is 0. The first-order chi connectivity index (χ1) is 13.7. The van der Waals surface area contributed by atoms with E-state index in [1.807, 2.05) is 42.5 Å². The number of nitrogens with two attached hydrogens (primary N) is 1. The molecule has 1 aliphatic heterocycles. The fraction of sp³-hybridized carbons (Fsp3) is 0.364. The molecule has 148 valence electrons. The van der Waals surface area contributed by atoms with Gasteiger partial charge in [0.25, 0.3) is 5.91 Å². The average Bonchev–Trinajstić information content (AvgIpc) is 2.77. The largest absolute Gasteiger partial charge is 0.445 e. The normalized spacial score (nSPS) is 14.5. The number of likely N-dealkylation sites (tertiary alicyclic amines) is 1. The Morgan fingerprint density at radius 2 is 1.68 bits per heavy atom. The van der Waals surface area contributed by atoms with Crippen LogP contribution in [-0.2, 0) is 17.9 Å². The van der Waals surface area contributed by atoms with Crippen LogP contribution < -0.4 is 11.1 Å². The first-order valence-electron chi connectivity index (χ1n) is 9.68. The lowest BCUT2D eigenvalue weighted by Gasteiger charge is -2.31. The molecule has 0 atom stereocenters. The molecule has 2 aromatic rings. The Bertz CT molecular complexity index is 769. The average molecular weight is 381 g/mol. The van der Waals surface area contributed by atoms with Crippen molar-refractivity contribution >= 4 is 12.0 Å². The van der Waals surface area contributed by atoms with E-state index in [0.29, 0.717) is 44.3 Å². The number of nitrogens with one attached hydrogen (secondary N) is 1. The number of nitrogens with zero attached hydrogens (tertiary/aromatic N) is 1. The van der Waals surface area contributed by atoms with Gasteiger partial charge in [0.2, 0.25) is 0 Å². The molecular weight excluding hydrogens is 354 g/mol. The zero-order chi connectivity index (χ0) is 19.8. The lowest BCUT2D eigenvalue weighted by molar-refractivity contribution is 0.0801. The van der Waals surface area contributed by atoms with Gasteiger partial charge in [0.05, 0.1) is 0 Å². The SMILES string of the molecule is NCc1ccc(C(=O)NCC2CCN(C(=O)OCc3ccccc3)CC2)cc1. The maximum Gasteiger partial charge on any atom is 0.410 e. The van der Waals surface area contributed by atoms with E-state index in [-0.39, 0.29) is 12.0 Å². The van der Waals surface area contributed by atoms with E-state index in [1.54, 1.807) is 17.0 Å². The zero-order valence-corrected chi connectivity index (χ0v) is 16.0. The minimum atomic E-state index is -0.272. The van der Waals surface area contributed by atoms with Gasteiger partial charge in [-0.05, 0) is 42.0 Å². The summed E-state index contributed by atoms with van der Waals surface area (Å²) in [5, 5.41) is 2.99. The van der Waals surface area contributed by atoms with E-state index in [9.17, 15) is 9.59 Å². The predicted octanol–water partition coefficient (Wildman–Crippen LogP) is 2.92. The number of benzene rings is 2. The maximum atomic E-state index is 12.3. The number of hydrogen-bond acceptors (Lipinski definition) is 4. The van der Waals surface area contributed by atoms with Crippen LogP contribution in [0.3, 0.4) is 0 Å². The highest BCUT2D eigenvalue weighted by atomic mass is 16.6. The Balaban J connectivity index is 1.37. The molecule has 6 nitrogen and oxygen atoms in total. The monoisotopic (exact) mass is 381 g/mol. The maximum absolute atomic E-state index is 12.3. The van der Waals surface area contributed by atoms with Crippen molar-refractivity contribution in [1.29, 1.82) is 0 Å². The van der Waals surface area contributed by atoms with Gasteiger partial charge in [0, 0.05) is 31.7 Å². The smallest absolute Gasteiger partial charge is 0.410 e. The Kier molecular flexibility index (Phi) is 7.03.